The average molecular weight is 440 g/mol. The molecular weight excluding hydrogens is 414 g/mol. The molecule has 0 N–H and O–H groups in total. The zero-order valence-corrected chi connectivity index (χ0v) is 18.4. The Hall–Kier alpha value is -3.80. The third-order valence-electron chi connectivity index (χ3n) is 6.38. The number of aromatic nitrogens is 1. The molecule has 3 aromatic rings. The molecule has 0 spiro atoms. The molecule has 0 saturated carbocycles. The van der Waals surface area contributed by atoms with Crippen molar-refractivity contribution in [3.63, 3.8) is 0 Å². The highest BCUT2D eigenvalue weighted by atomic mass is 16.2. The summed E-state index contributed by atoms with van der Waals surface area (Å²) >= 11 is 0. The number of hydrogen-bond acceptors (Lipinski definition) is 4. The molecule has 2 aliphatic heterocycles. The molecule has 0 bridgehead atoms. The van der Waals surface area contributed by atoms with E-state index in [1.165, 1.54) is 4.90 Å². The first-order valence-corrected chi connectivity index (χ1v) is 11.4. The van der Waals surface area contributed by atoms with Crippen LogP contribution < -0.4 is 4.90 Å². The van der Waals surface area contributed by atoms with Gasteiger partial charge < -0.3 is 4.90 Å². The minimum atomic E-state index is -0.387. The highest BCUT2D eigenvalue weighted by molar-refractivity contribution is 6.34. The second-order valence-electron chi connectivity index (χ2n) is 8.61. The summed E-state index contributed by atoms with van der Waals surface area (Å²) in [7, 11) is 0. The number of carbonyl (C=O) groups is 3. The van der Waals surface area contributed by atoms with Crippen LogP contribution in [0.3, 0.4) is 0 Å². The van der Waals surface area contributed by atoms with E-state index in [0.29, 0.717) is 22.4 Å². The fourth-order valence-electron chi connectivity index (χ4n) is 4.56. The van der Waals surface area contributed by atoms with Crippen molar-refractivity contribution >= 4 is 23.4 Å². The third-order valence-corrected chi connectivity index (χ3v) is 6.38. The Bertz CT molecular complexity index is 1200. The van der Waals surface area contributed by atoms with Crippen molar-refractivity contribution in [1.29, 1.82) is 0 Å². The van der Waals surface area contributed by atoms with Gasteiger partial charge in [-0.05, 0) is 72.9 Å². The van der Waals surface area contributed by atoms with Crippen LogP contribution in [0.2, 0.25) is 0 Å². The molecule has 5 rings (SSSR count). The predicted octanol–water partition coefficient (Wildman–Crippen LogP) is 4.49. The van der Waals surface area contributed by atoms with Gasteiger partial charge in [0.25, 0.3) is 17.7 Å². The lowest BCUT2D eigenvalue weighted by atomic mass is 10.0. The van der Waals surface area contributed by atoms with Crippen molar-refractivity contribution in [3.8, 4) is 0 Å². The second-order valence-corrected chi connectivity index (χ2v) is 8.61. The van der Waals surface area contributed by atoms with E-state index in [4.69, 9.17) is 0 Å². The summed E-state index contributed by atoms with van der Waals surface area (Å²) in [6.45, 7) is 1.47. The minimum absolute atomic E-state index is 0.0705. The number of likely N-dealkylation sites (tertiary alicyclic amines) is 1. The Kier molecular flexibility index (Phi) is 5.73. The molecule has 3 heterocycles. The molecule has 0 radical (unpaired) electrons. The maximum absolute atomic E-state index is 13.2. The van der Waals surface area contributed by atoms with Crippen LogP contribution in [0.4, 0.5) is 5.69 Å². The van der Waals surface area contributed by atoms with E-state index in [1.54, 1.807) is 42.7 Å². The van der Waals surface area contributed by atoms with Crippen LogP contribution in [0, 0.1) is 0 Å². The third kappa shape index (κ3) is 4.16. The maximum atomic E-state index is 13.2. The van der Waals surface area contributed by atoms with Gasteiger partial charge in [0, 0.05) is 31.0 Å². The number of pyridine rings is 1. The average Bonchev–Trinajstić information content (AvgIpc) is 3.02. The summed E-state index contributed by atoms with van der Waals surface area (Å²) in [4.78, 5) is 46.3. The first-order chi connectivity index (χ1) is 16.1. The standard InChI is InChI=1S/C27H25N3O3/c31-25(29-15-3-1-2-4-16-29)21-7-10-23-24(18-21)27(33)30(26(23)32)22-8-5-19(6-9-22)17-20-11-13-28-14-12-20/h5-14,18H,1-4,15-17H2. The van der Waals surface area contributed by atoms with Gasteiger partial charge in [0.1, 0.15) is 0 Å². The van der Waals surface area contributed by atoms with Crippen LogP contribution in [0.5, 0.6) is 0 Å². The number of carbonyl (C=O) groups excluding carboxylic acids is 3. The van der Waals surface area contributed by atoms with E-state index in [-0.39, 0.29) is 17.7 Å². The van der Waals surface area contributed by atoms with Crippen LogP contribution in [0.15, 0.2) is 67.0 Å². The van der Waals surface area contributed by atoms with Crippen molar-refractivity contribution in [1.82, 2.24) is 9.88 Å². The molecule has 2 aromatic carbocycles. The molecular formula is C27H25N3O3. The number of rotatable bonds is 4. The van der Waals surface area contributed by atoms with Crippen molar-refractivity contribution in [3.05, 3.63) is 94.8 Å². The first kappa shape index (κ1) is 21.1. The Morgan fingerprint density at radius 3 is 2.09 bits per heavy atom. The van der Waals surface area contributed by atoms with Crippen LogP contribution in [-0.2, 0) is 6.42 Å². The maximum Gasteiger partial charge on any atom is 0.266 e. The van der Waals surface area contributed by atoms with Gasteiger partial charge in [0.05, 0.1) is 16.8 Å². The lowest BCUT2D eigenvalue weighted by Crippen LogP contribution is -2.32. The fraction of sp³-hybridized carbons (Fsp3) is 0.259. The van der Waals surface area contributed by atoms with E-state index < -0.39 is 0 Å². The summed E-state index contributed by atoms with van der Waals surface area (Å²) in [5.41, 5.74) is 3.84. The monoisotopic (exact) mass is 439 g/mol. The van der Waals surface area contributed by atoms with Crippen molar-refractivity contribution in [2.45, 2.75) is 32.1 Å². The highest BCUT2D eigenvalue weighted by Gasteiger charge is 2.37. The van der Waals surface area contributed by atoms with E-state index in [9.17, 15) is 14.4 Å². The number of imide groups is 1. The smallest absolute Gasteiger partial charge is 0.266 e. The van der Waals surface area contributed by atoms with Gasteiger partial charge in [0.2, 0.25) is 0 Å². The lowest BCUT2D eigenvalue weighted by Gasteiger charge is -2.20. The van der Waals surface area contributed by atoms with Crippen molar-refractivity contribution < 1.29 is 14.4 Å². The zero-order valence-electron chi connectivity index (χ0n) is 18.4. The number of hydrogen-bond donors (Lipinski definition) is 0. The number of amides is 3. The molecule has 166 valence electrons. The Morgan fingerprint density at radius 2 is 1.39 bits per heavy atom. The van der Waals surface area contributed by atoms with Crippen LogP contribution in [0.25, 0.3) is 0 Å². The molecule has 2 aliphatic rings. The lowest BCUT2D eigenvalue weighted by molar-refractivity contribution is 0.0761. The Balaban J connectivity index is 1.36. The normalized spacial score (nSPS) is 16.0. The molecule has 33 heavy (non-hydrogen) atoms. The van der Waals surface area contributed by atoms with Gasteiger partial charge in [-0.2, -0.15) is 0 Å². The summed E-state index contributed by atoms with van der Waals surface area (Å²) in [6, 6.07) is 16.2. The van der Waals surface area contributed by atoms with Crippen LogP contribution in [0.1, 0.15) is 67.9 Å². The van der Waals surface area contributed by atoms with Crippen LogP contribution >= 0.6 is 0 Å². The summed E-state index contributed by atoms with van der Waals surface area (Å²) in [5, 5.41) is 0. The van der Waals surface area contributed by atoms with Crippen molar-refractivity contribution in [2.24, 2.45) is 0 Å². The molecule has 1 saturated heterocycles. The zero-order chi connectivity index (χ0) is 22.8. The molecule has 6 nitrogen and oxygen atoms in total. The topological polar surface area (TPSA) is 70.6 Å². The summed E-state index contributed by atoms with van der Waals surface area (Å²) in [6.07, 6.45) is 8.53. The Labute approximate surface area is 192 Å². The molecule has 0 aliphatic carbocycles. The number of anilines is 1. The highest BCUT2D eigenvalue weighted by Crippen LogP contribution is 2.30. The largest absolute Gasteiger partial charge is 0.339 e. The van der Waals surface area contributed by atoms with Gasteiger partial charge in [-0.15, -0.1) is 0 Å². The molecule has 0 unspecified atom stereocenters. The molecule has 3 amide bonds. The van der Waals surface area contributed by atoms with Gasteiger partial charge in [-0.3, -0.25) is 19.4 Å². The van der Waals surface area contributed by atoms with E-state index in [1.807, 2.05) is 29.2 Å². The van der Waals surface area contributed by atoms with Gasteiger partial charge in [0.15, 0.2) is 0 Å². The van der Waals surface area contributed by atoms with Crippen molar-refractivity contribution in [2.75, 3.05) is 18.0 Å². The summed E-state index contributed by atoms with van der Waals surface area (Å²) < 4.78 is 0. The first-order valence-electron chi connectivity index (χ1n) is 11.4. The molecule has 1 fully saturated rings. The second kappa shape index (κ2) is 8.98. The number of nitrogens with zero attached hydrogens (tertiary/aromatic N) is 3. The van der Waals surface area contributed by atoms with E-state index in [2.05, 4.69) is 4.98 Å². The van der Waals surface area contributed by atoms with Gasteiger partial charge in [-0.1, -0.05) is 25.0 Å². The minimum Gasteiger partial charge on any atom is -0.339 e. The fourth-order valence-corrected chi connectivity index (χ4v) is 4.56. The van der Waals surface area contributed by atoms with Gasteiger partial charge in [-0.25, -0.2) is 4.90 Å². The van der Waals surface area contributed by atoms with Gasteiger partial charge >= 0.3 is 0 Å². The number of fused-ring (bicyclic) bond motifs is 1. The Morgan fingerprint density at radius 1 is 0.758 bits per heavy atom. The quantitative estimate of drug-likeness (QED) is 0.562. The predicted molar refractivity (Wildman–Crippen MR) is 125 cm³/mol. The number of benzene rings is 2. The SMILES string of the molecule is O=C(c1ccc2c(c1)C(=O)N(c1ccc(Cc3ccncc3)cc1)C2=O)N1CCCCCC1. The summed E-state index contributed by atoms with van der Waals surface area (Å²) in [5.74, 6) is -0.813. The van der Waals surface area contributed by atoms with Crippen LogP contribution in [-0.4, -0.2) is 40.7 Å². The van der Waals surface area contributed by atoms with E-state index in [0.717, 1.165) is 56.3 Å². The molecule has 1 aromatic heterocycles. The van der Waals surface area contributed by atoms with E-state index >= 15 is 0 Å². The molecule has 6 heteroatoms. The molecule has 0 atom stereocenters.